The molecule has 0 saturated heterocycles. The van der Waals surface area contributed by atoms with Crippen LogP contribution in [0.3, 0.4) is 0 Å². The van der Waals surface area contributed by atoms with Crippen molar-refractivity contribution in [3.63, 3.8) is 0 Å². The van der Waals surface area contributed by atoms with E-state index in [4.69, 9.17) is 9.47 Å². The summed E-state index contributed by atoms with van der Waals surface area (Å²) in [6.45, 7) is 0. The second-order valence-electron chi connectivity index (χ2n) is 6.16. The molecule has 2 bridgehead atoms. The second kappa shape index (κ2) is 6.07. The number of hydrogen-bond acceptors (Lipinski definition) is 6. The lowest BCUT2D eigenvalue weighted by Gasteiger charge is -2.22. The Labute approximate surface area is 155 Å². The van der Waals surface area contributed by atoms with Gasteiger partial charge in [0.2, 0.25) is 10.0 Å². The number of nitro groups is 1. The van der Waals surface area contributed by atoms with Gasteiger partial charge >= 0.3 is 0 Å². The normalized spacial score (nSPS) is 20.5. The van der Waals surface area contributed by atoms with Crippen molar-refractivity contribution in [3.05, 3.63) is 69.8 Å². The van der Waals surface area contributed by atoms with Crippen LogP contribution in [0.5, 0.6) is 11.5 Å². The standard InChI is InChI=1S/C18H16N2O6S/c1-25-15-9-10-16(26-2)18-14-8-7-13(17(15)18)19(14)27(23,24)12-5-3-11(4-6-12)20(21)22/h3-10,13-14H,1-2H3/t13-,14+. The van der Waals surface area contributed by atoms with Gasteiger partial charge in [-0.15, -0.1) is 0 Å². The first-order valence-corrected chi connectivity index (χ1v) is 9.55. The van der Waals surface area contributed by atoms with Crippen LogP contribution in [0.2, 0.25) is 0 Å². The molecule has 0 aliphatic carbocycles. The zero-order valence-electron chi connectivity index (χ0n) is 14.5. The fourth-order valence-electron chi connectivity index (χ4n) is 3.72. The molecule has 2 heterocycles. The lowest BCUT2D eigenvalue weighted by Crippen LogP contribution is -2.28. The highest BCUT2D eigenvalue weighted by Gasteiger charge is 2.50. The van der Waals surface area contributed by atoms with E-state index in [1.54, 1.807) is 12.1 Å². The Morgan fingerprint density at radius 3 is 1.81 bits per heavy atom. The molecule has 0 radical (unpaired) electrons. The van der Waals surface area contributed by atoms with Gasteiger partial charge in [0.25, 0.3) is 5.69 Å². The minimum absolute atomic E-state index is 0.00228. The van der Waals surface area contributed by atoms with Crippen LogP contribution in [0.15, 0.2) is 53.4 Å². The summed E-state index contributed by atoms with van der Waals surface area (Å²) >= 11 is 0. The SMILES string of the molecule is COc1ccc(OC)c2c1[C@H]1C=C[C@@H]2N1S(=O)(=O)c1ccc([N+](=O)[O-])cc1. The number of nitrogens with zero attached hydrogens (tertiary/aromatic N) is 2. The summed E-state index contributed by atoms with van der Waals surface area (Å²) in [6.07, 6.45) is 3.63. The molecular weight excluding hydrogens is 372 g/mol. The minimum Gasteiger partial charge on any atom is -0.496 e. The molecule has 2 aromatic carbocycles. The maximum atomic E-state index is 13.3. The Balaban J connectivity index is 1.81. The van der Waals surface area contributed by atoms with E-state index in [1.165, 1.54) is 42.8 Å². The summed E-state index contributed by atoms with van der Waals surface area (Å²) in [5.74, 6) is 1.18. The molecule has 2 atom stereocenters. The van der Waals surface area contributed by atoms with Crippen LogP contribution in [0, 0.1) is 10.1 Å². The molecule has 0 aromatic heterocycles. The highest BCUT2D eigenvalue weighted by molar-refractivity contribution is 7.89. The number of benzene rings is 2. The van der Waals surface area contributed by atoms with E-state index < -0.39 is 27.0 Å². The summed E-state index contributed by atoms with van der Waals surface area (Å²) in [6, 6.07) is 7.35. The van der Waals surface area contributed by atoms with E-state index in [1.807, 2.05) is 12.2 Å². The summed E-state index contributed by atoms with van der Waals surface area (Å²) in [7, 11) is -0.828. The van der Waals surface area contributed by atoms with Crippen molar-refractivity contribution in [2.75, 3.05) is 14.2 Å². The number of fused-ring (bicyclic) bond motifs is 5. The molecule has 9 heteroatoms. The van der Waals surface area contributed by atoms with Gasteiger partial charge in [0.1, 0.15) is 11.5 Å². The molecule has 2 aliphatic heterocycles. The zero-order chi connectivity index (χ0) is 19.3. The van der Waals surface area contributed by atoms with Crippen molar-refractivity contribution < 1.29 is 22.8 Å². The van der Waals surface area contributed by atoms with Gasteiger partial charge in [-0.3, -0.25) is 10.1 Å². The predicted molar refractivity (Wildman–Crippen MR) is 96.3 cm³/mol. The maximum absolute atomic E-state index is 13.3. The first-order valence-electron chi connectivity index (χ1n) is 8.11. The number of rotatable bonds is 5. The van der Waals surface area contributed by atoms with Gasteiger partial charge in [0.15, 0.2) is 0 Å². The van der Waals surface area contributed by atoms with E-state index in [2.05, 4.69) is 0 Å². The molecular formula is C18H16N2O6S. The lowest BCUT2D eigenvalue weighted by molar-refractivity contribution is -0.384. The van der Waals surface area contributed by atoms with E-state index >= 15 is 0 Å². The molecule has 0 unspecified atom stereocenters. The largest absolute Gasteiger partial charge is 0.496 e. The van der Waals surface area contributed by atoms with Crippen molar-refractivity contribution >= 4 is 15.7 Å². The van der Waals surface area contributed by atoms with Crippen LogP contribution in [0.25, 0.3) is 0 Å². The topological polar surface area (TPSA) is 99.0 Å². The van der Waals surface area contributed by atoms with Gasteiger partial charge in [0.05, 0.1) is 36.1 Å². The summed E-state index contributed by atoms with van der Waals surface area (Å²) in [5, 5.41) is 10.8. The van der Waals surface area contributed by atoms with Crippen LogP contribution >= 0.6 is 0 Å². The Morgan fingerprint density at radius 1 is 0.926 bits per heavy atom. The minimum atomic E-state index is -3.90. The highest BCUT2D eigenvalue weighted by Crippen LogP contribution is 2.56. The van der Waals surface area contributed by atoms with Crippen LogP contribution < -0.4 is 9.47 Å². The maximum Gasteiger partial charge on any atom is 0.269 e. The zero-order valence-corrected chi connectivity index (χ0v) is 15.3. The number of ether oxygens (including phenoxy) is 2. The quantitative estimate of drug-likeness (QED) is 0.444. The van der Waals surface area contributed by atoms with E-state index in [-0.39, 0.29) is 10.6 Å². The van der Waals surface area contributed by atoms with E-state index in [9.17, 15) is 18.5 Å². The van der Waals surface area contributed by atoms with Crippen LogP contribution in [-0.4, -0.2) is 31.9 Å². The monoisotopic (exact) mass is 388 g/mol. The van der Waals surface area contributed by atoms with E-state index in [0.717, 1.165) is 11.1 Å². The number of methoxy groups -OCH3 is 2. The molecule has 0 saturated carbocycles. The average Bonchev–Trinajstić information content (AvgIpc) is 3.25. The van der Waals surface area contributed by atoms with Crippen molar-refractivity contribution in [1.29, 1.82) is 0 Å². The van der Waals surface area contributed by atoms with Crippen LogP contribution in [0.1, 0.15) is 23.2 Å². The molecule has 8 nitrogen and oxygen atoms in total. The molecule has 0 spiro atoms. The smallest absolute Gasteiger partial charge is 0.269 e. The predicted octanol–water partition coefficient (Wildman–Crippen LogP) is 2.97. The van der Waals surface area contributed by atoms with Gasteiger partial charge in [0, 0.05) is 23.3 Å². The summed E-state index contributed by atoms with van der Waals surface area (Å²) in [5.41, 5.74) is 1.35. The number of nitro benzene ring substituents is 1. The summed E-state index contributed by atoms with van der Waals surface area (Å²) in [4.78, 5) is 10.3. The molecule has 27 heavy (non-hydrogen) atoms. The van der Waals surface area contributed by atoms with Crippen molar-refractivity contribution in [1.82, 2.24) is 4.31 Å². The average molecular weight is 388 g/mol. The van der Waals surface area contributed by atoms with Gasteiger partial charge in [-0.2, -0.15) is 4.31 Å². The number of hydrogen-bond donors (Lipinski definition) is 0. The Bertz CT molecular complexity index is 1020. The number of non-ortho nitro benzene ring substituents is 1. The van der Waals surface area contributed by atoms with Gasteiger partial charge in [-0.05, 0) is 24.3 Å². The Hall–Kier alpha value is -2.91. The molecule has 0 N–H and O–H groups in total. The third kappa shape index (κ3) is 2.42. The third-order valence-corrected chi connectivity index (χ3v) is 6.76. The molecule has 140 valence electrons. The molecule has 0 fully saturated rings. The van der Waals surface area contributed by atoms with Gasteiger partial charge < -0.3 is 9.47 Å². The highest BCUT2D eigenvalue weighted by atomic mass is 32.2. The summed E-state index contributed by atoms with van der Waals surface area (Å²) < 4.78 is 38.8. The van der Waals surface area contributed by atoms with Crippen LogP contribution in [-0.2, 0) is 10.0 Å². The van der Waals surface area contributed by atoms with Crippen molar-refractivity contribution in [2.24, 2.45) is 0 Å². The molecule has 0 amide bonds. The lowest BCUT2D eigenvalue weighted by atomic mass is 9.95. The second-order valence-corrected chi connectivity index (χ2v) is 8.00. The molecule has 2 aliphatic rings. The fourth-order valence-corrected chi connectivity index (χ4v) is 5.40. The first-order chi connectivity index (χ1) is 12.9. The fraction of sp³-hybridized carbons (Fsp3) is 0.222. The van der Waals surface area contributed by atoms with Crippen molar-refractivity contribution in [3.8, 4) is 11.5 Å². The van der Waals surface area contributed by atoms with Crippen LogP contribution in [0.4, 0.5) is 5.69 Å². The van der Waals surface area contributed by atoms with Crippen molar-refractivity contribution in [2.45, 2.75) is 17.0 Å². The van der Waals surface area contributed by atoms with E-state index in [0.29, 0.717) is 11.5 Å². The first kappa shape index (κ1) is 17.5. The Morgan fingerprint density at radius 2 is 1.41 bits per heavy atom. The molecule has 2 aromatic rings. The van der Waals surface area contributed by atoms with Gasteiger partial charge in [-0.25, -0.2) is 8.42 Å². The molecule has 4 rings (SSSR count). The van der Waals surface area contributed by atoms with Gasteiger partial charge in [-0.1, -0.05) is 12.2 Å². The number of sulfonamides is 1. The Kier molecular flexibility index (Phi) is 3.93. The third-order valence-electron chi connectivity index (χ3n) is 4.89.